The summed E-state index contributed by atoms with van der Waals surface area (Å²) in [6.45, 7) is 5.02. The van der Waals surface area contributed by atoms with Crippen LogP contribution in [0.2, 0.25) is 0 Å². The fraction of sp³-hybridized carbons (Fsp3) is 0.625. The molecule has 0 amide bonds. The molecular weight excluding hydrogens is 174 g/mol. The Kier molecular flexibility index (Phi) is 6.13. The second-order valence-corrected chi connectivity index (χ2v) is 2.54. The van der Waals surface area contributed by atoms with E-state index in [1.54, 1.807) is 0 Å². The van der Waals surface area contributed by atoms with Crippen molar-refractivity contribution in [1.82, 2.24) is 5.06 Å². The van der Waals surface area contributed by atoms with Gasteiger partial charge in [0.05, 0.1) is 26.3 Å². The monoisotopic (exact) mass is 189 g/mol. The summed E-state index contributed by atoms with van der Waals surface area (Å²) in [4.78, 5) is 15.7. The Morgan fingerprint density at radius 1 is 1.38 bits per heavy atom. The summed E-state index contributed by atoms with van der Waals surface area (Å²) < 4.78 is 0. The molecule has 0 saturated heterocycles. The number of hydrogen-bond donors (Lipinski definition) is 2. The normalized spacial score (nSPS) is 10.2. The van der Waals surface area contributed by atoms with Gasteiger partial charge < -0.3 is 15.1 Å². The van der Waals surface area contributed by atoms with Crippen LogP contribution >= 0.6 is 0 Å². The summed E-state index contributed by atoms with van der Waals surface area (Å²) in [6, 6.07) is 0. The smallest absolute Gasteiger partial charge is 0.352 e. The van der Waals surface area contributed by atoms with Crippen molar-refractivity contribution >= 4 is 5.97 Å². The van der Waals surface area contributed by atoms with Crippen LogP contribution in [0.5, 0.6) is 0 Å². The van der Waals surface area contributed by atoms with Gasteiger partial charge in [-0.15, -0.1) is 5.06 Å². The van der Waals surface area contributed by atoms with Gasteiger partial charge in [0.15, 0.2) is 0 Å². The molecule has 0 unspecified atom stereocenters. The van der Waals surface area contributed by atoms with Crippen molar-refractivity contribution in [2.75, 3.05) is 26.3 Å². The van der Waals surface area contributed by atoms with Crippen LogP contribution in [-0.4, -0.2) is 47.5 Å². The lowest BCUT2D eigenvalue weighted by Gasteiger charge is -2.18. The maximum Gasteiger partial charge on any atom is 0.352 e. The van der Waals surface area contributed by atoms with E-state index >= 15 is 0 Å². The molecule has 76 valence electrons. The summed E-state index contributed by atoms with van der Waals surface area (Å²) in [5.74, 6) is -0.554. The van der Waals surface area contributed by atoms with Gasteiger partial charge in [-0.1, -0.05) is 6.58 Å². The first kappa shape index (κ1) is 12.1. The van der Waals surface area contributed by atoms with Gasteiger partial charge in [-0.25, -0.2) is 4.79 Å². The Balaban J connectivity index is 3.93. The van der Waals surface area contributed by atoms with Crippen molar-refractivity contribution in [1.29, 1.82) is 0 Å². The van der Waals surface area contributed by atoms with E-state index in [0.717, 1.165) is 0 Å². The molecule has 0 fully saturated rings. The lowest BCUT2D eigenvalue weighted by Crippen LogP contribution is -2.32. The number of hydroxylamine groups is 2. The molecule has 0 aliphatic carbocycles. The van der Waals surface area contributed by atoms with Gasteiger partial charge >= 0.3 is 5.97 Å². The predicted octanol–water partition coefficient (Wildman–Crippen LogP) is -0.693. The number of hydrogen-bond acceptors (Lipinski definition) is 5. The Bertz CT molecular complexity index is 175. The van der Waals surface area contributed by atoms with E-state index in [-0.39, 0.29) is 31.9 Å². The van der Waals surface area contributed by atoms with Crippen molar-refractivity contribution in [3.8, 4) is 0 Å². The van der Waals surface area contributed by atoms with E-state index in [9.17, 15) is 4.79 Å². The van der Waals surface area contributed by atoms with E-state index in [4.69, 9.17) is 15.1 Å². The van der Waals surface area contributed by atoms with Crippen LogP contribution in [0.4, 0.5) is 0 Å². The van der Waals surface area contributed by atoms with Crippen LogP contribution in [0, 0.1) is 0 Å². The number of aliphatic hydroxyl groups excluding tert-OH is 2. The zero-order valence-electron chi connectivity index (χ0n) is 7.69. The molecule has 0 saturated carbocycles. The predicted molar refractivity (Wildman–Crippen MR) is 46.7 cm³/mol. The number of rotatable bonds is 6. The molecule has 0 aliphatic heterocycles. The van der Waals surface area contributed by atoms with E-state index in [0.29, 0.717) is 0 Å². The Labute approximate surface area is 77.2 Å². The van der Waals surface area contributed by atoms with Crippen molar-refractivity contribution in [3.63, 3.8) is 0 Å². The molecule has 0 aromatic heterocycles. The zero-order chi connectivity index (χ0) is 10.3. The quantitative estimate of drug-likeness (QED) is 0.427. The molecule has 0 aromatic carbocycles. The van der Waals surface area contributed by atoms with Crippen molar-refractivity contribution in [2.24, 2.45) is 0 Å². The van der Waals surface area contributed by atoms with Gasteiger partial charge in [-0.05, 0) is 6.92 Å². The maximum atomic E-state index is 11.0. The van der Waals surface area contributed by atoms with Crippen molar-refractivity contribution in [2.45, 2.75) is 6.92 Å². The summed E-state index contributed by atoms with van der Waals surface area (Å²) in [7, 11) is 0. The average Bonchev–Trinajstić information content (AvgIpc) is 2.05. The van der Waals surface area contributed by atoms with Gasteiger partial charge in [-0.2, -0.15) is 0 Å². The van der Waals surface area contributed by atoms with E-state index in [1.807, 2.05) is 0 Å². The third-order valence-electron chi connectivity index (χ3n) is 1.26. The topological polar surface area (TPSA) is 70.0 Å². The molecule has 0 spiro atoms. The summed E-state index contributed by atoms with van der Waals surface area (Å²) in [5.41, 5.74) is 0.279. The molecule has 2 N–H and O–H groups in total. The van der Waals surface area contributed by atoms with E-state index in [1.165, 1.54) is 12.0 Å². The summed E-state index contributed by atoms with van der Waals surface area (Å²) in [5, 5.41) is 18.3. The molecule has 5 nitrogen and oxygen atoms in total. The van der Waals surface area contributed by atoms with Gasteiger partial charge in [-0.3, -0.25) is 0 Å². The molecular formula is C8H15NO4. The Morgan fingerprint density at radius 3 is 2.15 bits per heavy atom. The minimum absolute atomic E-state index is 0.135. The molecule has 0 aromatic rings. The van der Waals surface area contributed by atoms with Gasteiger partial charge in [0.25, 0.3) is 0 Å². The van der Waals surface area contributed by atoms with Crippen LogP contribution in [-0.2, 0) is 9.63 Å². The third kappa shape index (κ3) is 5.35. The van der Waals surface area contributed by atoms with Gasteiger partial charge in [0.1, 0.15) is 0 Å². The van der Waals surface area contributed by atoms with Crippen molar-refractivity contribution < 1.29 is 19.8 Å². The van der Waals surface area contributed by atoms with Crippen LogP contribution in [0.25, 0.3) is 0 Å². The summed E-state index contributed by atoms with van der Waals surface area (Å²) in [6.07, 6.45) is 0. The lowest BCUT2D eigenvalue weighted by molar-refractivity contribution is -0.189. The van der Waals surface area contributed by atoms with Gasteiger partial charge in [0, 0.05) is 5.57 Å². The first-order valence-electron chi connectivity index (χ1n) is 3.96. The first-order valence-corrected chi connectivity index (χ1v) is 3.96. The highest BCUT2D eigenvalue weighted by Crippen LogP contribution is 1.96. The second kappa shape index (κ2) is 6.59. The molecule has 0 atom stereocenters. The minimum atomic E-state index is -0.554. The Morgan fingerprint density at radius 2 is 1.85 bits per heavy atom. The number of aliphatic hydroxyl groups is 2. The maximum absolute atomic E-state index is 11.0. The minimum Gasteiger partial charge on any atom is -0.395 e. The van der Waals surface area contributed by atoms with Crippen LogP contribution < -0.4 is 0 Å². The highest BCUT2D eigenvalue weighted by Gasteiger charge is 2.10. The van der Waals surface area contributed by atoms with Crippen LogP contribution in [0.15, 0.2) is 12.2 Å². The number of carbonyl (C=O) groups is 1. The first-order chi connectivity index (χ1) is 6.11. The van der Waals surface area contributed by atoms with Crippen LogP contribution in [0.3, 0.4) is 0 Å². The van der Waals surface area contributed by atoms with Crippen LogP contribution in [0.1, 0.15) is 6.92 Å². The van der Waals surface area contributed by atoms with Crippen molar-refractivity contribution in [3.05, 3.63) is 12.2 Å². The SMILES string of the molecule is C=C(C)C(=O)ON(CCO)CCO. The number of carbonyl (C=O) groups excluding carboxylic acids is 1. The second-order valence-electron chi connectivity index (χ2n) is 2.54. The molecule has 0 aliphatic rings. The highest BCUT2D eigenvalue weighted by molar-refractivity contribution is 5.86. The Hall–Kier alpha value is -0.910. The molecule has 5 heteroatoms. The average molecular weight is 189 g/mol. The molecule has 0 bridgehead atoms. The zero-order valence-corrected chi connectivity index (χ0v) is 7.69. The molecule has 0 radical (unpaired) electrons. The standard InChI is InChI=1S/C8H15NO4/c1-7(2)8(12)13-9(3-5-10)4-6-11/h10-11H,1,3-6H2,2H3. The van der Waals surface area contributed by atoms with E-state index < -0.39 is 5.97 Å². The lowest BCUT2D eigenvalue weighted by atomic mass is 10.4. The third-order valence-corrected chi connectivity index (χ3v) is 1.26. The fourth-order valence-corrected chi connectivity index (χ4v) is 0.621. The number of nitrogens with zero attached hydrogens (tertiary/aromatic N) is 1. The molecule has 13 heavy (non-hydrogen) atoms. The largest absolute Gasteiger partial charge is 0.395 e. The fourth-order valence-electron chi connectivity index (χ4n) is 0.621. The van der Waals surface area contributed by atoms with E-state index in [2.05, 4.69) is 6.58 Å². The highest BCUT2D eigenvalue weighted by atomic mass is 16.7. The molecule has 0 rings (SSSR count). The van der Waals surface area contributed by atoms with Gasteiger partial charge in [0.2, 0.25) is 0 Å². The summed E-state index contributed by atoms with van der Waals surface area (Å²) >= 11 is 0. The molecule has 0 heterocycles.